The number of imidazole rings is 1. The van der Waals surface area contributed by atoms with Crippen molar-refractivity contribution in [2.24, 2.45) is 0 Å². The third kappa shape index (κ3) is 8.46. The minimum absolute atomic E-state index is 0. The molecule has 6 heteroatoms. The van der Waals surface area contributed by atoms with Crippen LogP contribution in [0.25, 0.3) is 83.6 Å². The molecule has 10 aromatic rings. The third-order valence-electron chi connectivity index (χ3n) is 11.8. The molecule has 3 heterocycles. The first-order chi connectivity index (χ1) is 30.6. The van der Waals surface area contributed by atoms with Crippen molar-refractivity contribution in [3.63, 3.8) is 0 Å². The first kappa shape index (κ1) is 43.7. The van der Waals surface area contributed by atoms with E-state index in [1.54, 1.807) is 6.20 Å². The van der Waals surface area contributed by atoms with Crippen LogP contribution in [-0.2, 0) is 25.5 Å². The van der Waals surface area contributed by atoms with Crippen LogP contribution in [0.3, 0.4) is 0 Å². The summed E-state index contributed by atoms with van der Waals surface area (Å²) in [6.07, 6.45) is 1.76. The normalized spacial score (nSPS) is 11.4. The molecule has 0 bridgehead atoms. The monoisotopic (exact) mass is 1010 g/mol. The summed E-state index contributed by atoms with van der Waals surface area (Å²) in [6.45, 7) is 12.9. The number of rotatable bonds is 8. The van der Waals surface area contributed by atoms with Crippen LogP contribution in [0.15, 0.2) is 174 Å². The molecular formula is C58H48IrN4O-2. The average molecular weight is 1010 g/mol. The number of nitrogens with zero attached hydrogens (tertiary/aromatic N) is 4. The van der Waals surface area contributed by atoms with E-state index in [-0.39, 0.29) is 31.9 Å². The van der Waals surface area contributed by atoms with Gasteiger partial charge in [0.25, 0.3) is 0 Å². The second kappa shape index (κ2) is 18.4. The van der Waals surface area contributed by atoms with E-state index in [0.29, 0.717) is 0 Å². The zero-order valence-corrected chi connectivity index (χ0v) is 39.2. The number of pyridine rings is 1. The molecule has 0 aliphatic rings. The fourth-order valence-electron chi connectivity index (χ4n) is 8.29. The van der Waals surface area contributed by atoms with Crippen molar-refractivity contribution in [1.29, 1.82) is 5.26 Å². The zero-order valence-electron chi connectivity index (χ0n) is 36.9. The predicted octanol–water partition coefficient (Wildman–Crippen LogP) is 15.3. The largest absolute Gasteiger partial charge is 0.501 e. The summed E-state index contributed by atoms with van der Waals surface area (Å²) < 4.78 is 9.10. The van der Waals surface area contributed by atoms with Crippen LogP contribution in [0.2, 0.25) is 0 Å². The van der Waals surface area contributed by atoms with Crippen LogP contribution in [-0.4, -0.2) is 14.5 Å². The number of hydrogen-bond acceptors (Lipinski definition) is 4. The third-order valence-corrected chi connectivity index (χ3v) is 11.8. The molecule has 0 aliphatic carbocycles. The van der Waals surface area contributed by atoms with E-state index in [2.05, 4.69) is 171 Å². The van der Waals surface area contributed by atoms with Gasteiger partial charge in [0.1, 0.15) is 5.58 Å². The van der Waals surface area contributed by atoms with Gasteiger partial charge in [0.2, 0.25) is 0 Å². The quantitative estimate of drug-likeness (QED) is 0.142. The standard InChI is InChI=1S/C43H35N2O.C15H13N2.Ir/c1-27(2)36-24-32(30-16-9-6-10-17-30)25-37(28(3)4)41(36)45-39-21-12-11-20-38(39)44-43(45)35-19-13-18-34-33-23-22-31(26-40(33)46-42(34)35)29-14-7-5-8-15-29;1-15(2,11-16)13-8-9-14(17-10-13)12-6-4-3-5-7-12;/h5-18,20-28H,1-4H3;3-6,8-10H,1-2H3;/q2*-1;. The van der Waals surface area contributed by atoms with Crippen molar-refractivity contribution in [1.82, 2.24) is 14.5 Å². The Kier molecular flexibility index (Phi) is 12.6. The van der Waals surface area contributed by atoms with Gasteiger partial charge in [-0.15, -0.1) is 54.1 Å². The fourth-order valence-corrected chi connectivity index (χ4v) is 8.29. The predicted molar refractivity (Wildman–Crippen MR) is 259 cm³/mol. The van der Waals surface area contributed by atoms with Gasteiger partial charge in [-0.3, -0.25) is 4.98 Å². The Morgan fingerprint density at radius 3 is 1.92 bits per heavy atom. The summed E-state index contributed by atoms with van der Waals surface area (Å²) in [5, 5.41) is 11.2. The Morgan fingerprint density at radius 1 is 0.641 bits per heavy atom. The van der Waals surface area contributed by atoms with E-state index in [1.165, 1.54) is 33.5 Å². The minimum Gasteiger partial charge on any atom is -0.501 e. The Labute approximate surface area is 389 Å². The summed E-state index contributed by atoms with van der Waals surface area (Å²) in [6, 6.07) is 65.5. The van der Waals surface area contributed by atoms with Gasteiger partial charge < -0.3 is 14.0 Å². The molecule has 0 saturated heterocycles. The van der Waals surface area contributed by atoms with Crippen molar-refractivity contribution < 1.29 is 24.5 Å². The van der Waals surface area contributed by atoms with Gasteiger partial charge in [0.05, 0.1) is 33.9 Å². The maximum atomic E-state index is 9.05. The topological polar surface area (TPSA) is 67.6 Å². The SMILES string of the molecule is CC(C)(C#N)c1ccc(-c2[c-]cccc2)nc1.CC(C)c1cc(-c2ccccc2)cc(C(C)C)c1-n1c(-c2[c-]ccc3c2oc2cc(-c4ccccc4)ccc23)nc2ccccc21.[Ir]. The Hall–Kier alpha value is -6.90. The molecule has 0 fully saturated rings. The Bertz CT molecular complexity index is 3220. The van der Waals surface area contributed by atoms with E-state index in [4.69, 9.17) is 14.7 Å². The van der Waals surface area contributed by atoms with Gasteiger partial charge in [-0.05, 0) is 101 Å². The van der Waals surface area contributed by atoms with Crippen molar-refractivity contribution in [2.45, 2.75) is 58.8 Å². The number of fused-ring (bicyclic) bond motifs is 4. The summed E-state index contributed by atoms with van der Waals surface area (Å²) in [7, 11) is 0. The van der Waals surface area contributed by atoms with E-state index < -0.39 is 5.41 Å². The maximum absolute atomic E-state index is 9.05. The van der Waals surface area contributed by atoms with E-state index >= 15 is 0 Å². The summed E-state index contributed by atoms with van der Waals surface area (Å²) in [5.74, 6) is 1.41. The molecule has 0 N–H and O–H groups in total. The summed E-state index contributed by atoms with van der Waals surface area (Å²) >= 11 is 0. The molecule has 64 heavy (non-hydrogen) atoms. The number of benzene rings is 7. The van der Waals surface area contributed by atoms with Crippen LogP contribution >= 0.6 is 0 Å². The van der Waals surface area contributed by atoms with E-state index in [9.17, 15) is 0 Å². The summed E-state index contributed by atoms with van der Waals surface area (Å²) in [4.78, 5) is 9.68. The molecule has 0 unspecified atom stereocenters. The molecule has 3 aromatic heterocycles. The first-order valence-electron chi connectivity index (χ1n) is 21.6. The van der Waals surface area contributed by atoms with Crippen molar-refractivity contribution in [2.75, 3.05) is 0 Å². The molecule has 0 atom stereocenters. The fraction of sp³-hybridized carbons (Fsp3) is 0.155. The van der Waals surface area contributed by atoms with Gasteiger partial charge in [-0.1, -0.05) is 136 Å². The molecular weight excluding hydrogens is 961 g/mol. The second-order valence-electron chi connectivity index (χ2n) is 17.2. The molecule has 5 nitrogen and oxygen atoms in total. The molecule has 0 spiro atoms. The smallest absolute Gasteiger partial charge is 0.121 e. The summed E-state index contributed by atoms with van der Waals surface area (Å²) in [5.41, 5.74) is 15.4. The molecule has 317 valence electrons. The molecule has 10 rings (SSSR count). The maximum Gasteiger partial charge on any atom is 0.121 e. The number of furan rings is 1. The van der Waals surface area contributed by atoms with Crippen molar-refractivity contribution >= 4 is 33.0 Å². The van der Waals surface area contributed by atoms with Gasteiger partial charge in [0.15, 0.2) is 0 Å². The molecule has 0 aliphatic heterocycles. The zero-order chi connectivity index (χ0) is 43.7. The van der Waals surface area contributed by atoms with Crippen LogP contribution in [0, 0.1) is 23.5 Å². The Morgan fingerprint density at radius 2 is 1.30 bits per heavy atom. The number of para-hydroxylation sites is 2. The molecule has 1 radical (unpaired) electrons. The van der Waals surface area contributed by atoms with Crippen LogP contribution in [0.5, 0.6) is 0 Å². The molecule has 0 amide bonds. The van der Waals surface area contributed by atoms with Crippen molar-refractivity contribution in [3.05, 3.63) is 199 Å². The molecule has 7 aromatic carbocycles. The second-order valence-corrected chi connectivity index (χ2v) is 17.2. The van der Waals surface area contributed by atoms with Gasteiger partial charge in [0, 0.05) is 37.4 Å². The first-order valence-corrected chi connectivity index (χ1v) is 21.6. The van der Waals surface area contributed by atoms with Crippen molar-refractivity contribution in [3.8, 4) is 56.7 Å². The number of nitriles is 1. The average Bonchev–Trinajstić information content (AvgIpc) is 3.90. The molecule has 0 saturated carbocycles. The van der Waals surface area contributed by atoms with Gasteiger partial charge in [-0.25, -0.2) is 0 Å². The van der Waals surface area contributed by atoms with Gasteiger partial charge in [-0.2, -0.15) is 5.26 Å². The van der Waals surface area contributed by atoms with Crippen LogP contribution in [0.1, 0.15) is 70.1 Å². The van der Waals surface area contributed by atoms with E-state index in [0.717, 1.165) is 66.7 Å². The van der Waals surface area contributed by atoms with E-state index in [1.807, 2.05) is 62.4 Å². The van der Waals surface area contributed by atoms with Gasteiger partial charge >= 0.3 is 0 Å². The van der Waals surface area contributed by atoms with Crippen LogP contribution < -0.4 is 0 Å². The minimum atomic E-state index is -0.494. The Balaban J connectivity index is 0.000000262. The van der Waals surface area contributed by atoms with Crippen LogP contribution in [0.4, 0.5) is 0 Å². The number of hydrogen-bond donors (Lipinski definition) is 0. The number of aromatic nitrogens is 3.